The minimum atomic E-state index is 0.871. The smallest absolute Gasteiger partial charge is 0.0181 e. The first-order valence-electron chi connectivity index (χ1n) is 12.4. The first kappa shape index (κ1) is 22.1. The Morgan fingerprint density at radius 2 is 1.55 bits per heavy atom. The predicted octanol–water partition coefficient (Wildman–Crippen LogP) is 8.80. The molecule has 0 amide bonds. The average Bonchev–Trinajstić information content (AvgIpc) is 2.76. The van der Waals surface area contributed by atoms with E-state index in [2.05, 4.69) is 63.2 Å². The molecule has 0 saturated heterocycles. The third-order valence-corrected chi connectivity index (χ3v) is 7.08. The second-order valence-corrected chi connectivity index (χ2v) is 9.56. The Hall–Kier alpha value is -1.56. The van der Waals surface area contributed by atoms with Crippen molar-refractivity contribution < 1.29 is 0 Å². The second-order valence-electron chi connectivity index (χ2n) is 9.56. The SMILES string of the molecule is CCCCCCCCc1ccc(-c2ccc3c(c2)CCC(CC(C)CC)C3)cc1. The summed E-state index contributed by atoms with van der Waals surface area (Å²) in [6.45, 7) is 7.02. The van der Waals surface area contributed by atoms with E-state index in [1.165, 1.54) is 93.7 Å². The molecule has 0 radical (unpaired) electrons. The first-order chi connectivity index (χ1) is 14.2. The van der Waals surface area contributed by atoms with Gasteiger partial charge in [-0.2, -0.15) is 0 Å². The van der Waals surface area contributed by atoms with Gasteiger partial charge in [-0.25, -0.2) is 0 Å². The maximum absolute atomic E-state index is 2.47. The minimum absolute atomic E-state index is 0.871. The van der Waals surface area contributed by atoms with Crippen LogP contribution in [0, 0.1) is 11.8 Å². The Labute approximate surface area is 180 Å². The minimum Gasteiger partial charge on any atom is -0.0654 e. The van der Waals surface area contributed by atoms with Crippen LogP contribution in [0.15, 0.2) is 42.5 Å². The van der Waals surface area contributed by atoms with Crippen LogP contribution in [0.3, 0.4) is 0 Å². The summed E-state index contributed by atoms with van der Waals surface area (Å²) in [5.41, 5.74) is 7.47. The highest BCUT2D eigenvalue weighted by Crippen LogP contribution is 2.33. The van der Waals surface area contributed by atoms with Gasteiger partial charge in [-0.05, 0) is 78.2 Å². The highest BCUT2D eigenvalue weighted by atomic mass is 14.3. The summed E-state index contributed by atoms with van der Waals surface area (Å²) in [7, 11) is 0. The van der Waals surface area contributed by atoms with E-state index < -0.39 is 0 Å². The number of aryl methyl sites for hydroxylation is 2. The highest BCUT2D eigenvalue weighted by molar-refractivity contribution is 5.65. The molecule has 29 heavy (non-hydrogen) atoms. The van der Waals surface area contributed by atoms with Crippen LogP contribution in [-0.4, -0.2) is 0 Å². The van der Waals surface area contributed by atoms with Crippen LogP contribution in [0.1, 0.15) is 95.2 Å². The number of fused-ring (bicyclic) bond motifs is 1. The van der Waals surface area contributed by atoms with Gasteiger partial charge in [0.1, 0.15) is 0 Å². The molecule has 1 aliphatic carbocycles. The Kier molecular flexibility index (Phi) is 8.84. The molecule has 158 valence electrons. The molecule has 2 unspecified atom stereocenters. The molecule has 0 bridgehead atoms. The Morgan fingerprint density at radius 1 is 0.828 bits per heavy atom. The molecule has 0 spiro atoms. The molecule has 0 N–H and O–H groups in total. The lowest BCUT2D eigenvalue weighted by atomic mass is 9.78. The molecule has 0 heteroatoms. The van der Waals surface area contributed by atoms with Gasteiger partial charge in [-0.15, -0.1) is 0 Å². The summed E-state index contributed by atoms with van der Waals surface area (Å²) in [6, 6.07) is 16.6. The van der Waals surface area contributed by atoms with E-state index in [1.807, 2.05) is 0 Å². The molecule has 2 aromatic carbocycles. The summed E-state index contributed by atoms with van der Waals surface area (Å²) >= 11 is 0. The number of unbranched alkanes of at least 4 members (excludes halogenated alkanes) is 5. The van der Waals surface area contributed by atoms with Crippen LogP contribution in [0.5, 0.6) is 0 Å². The normalized spacial score (nSPS) is 17.1. The summed E-state index contributed by atoms with van der Waals surface area (Å²) in [5.74, 6) is 1.76. The van der Waals surface area contributed by atoms with Gasteiger partial charge in [0.05, 0.1) is 0 Å². The third kappa shape index (κ3) is 6.73. The number of rotatable bonds is 11. The predicted molar refractivity (Wildman–Crippen MR) is 129 cm³/mol. The largest absolute Gasteiger partial charge is 0.0654 e. The second kappa shape index (κ2) is 11.6. The van der Waals surface area contributed by atoms with Crippen LogP contribution < -0.4 is 0 Å². The highest BCUT2D eigenvalue weighted by Gasteiger charge is 2.20. The zero-order valence-corrected chi connectivity index (χ0v) is 19.2. The van der Waals surface area contributed by atoms with Crippen molar-refractivity contribution in [2.45, 2.75) is 97.8 Å². The van der Waals surface area contributed by atoms with Gasteiger partial charge in [0.2, 0.25) is 0 Å². The number of hydrogen-bond acceptors (Lipinski definition) is 0. The van der Waals surface area contributed by atoms with Crippen molar-refractivity contribution in [3.8, 4) is 11.1 Å². The van der Waals surface area contributed by atoms with E-state index in [0.29, 0.717) is 0 Å². The monoisotopic (exact) mass is 390 g/mol. The lowest BCUT2D eigenvalue weighted by Crippen LogP contribution is -2.16. The van der Waals surface area contributed by atoms with E-state index in [9.17, 15) is 0 Å². The summed E-state index contributed by atoms with van der Waals surface area (Å²) in [6.07, 6.45) is 16.1. The van der Waals surface area contributed by atoms with Gasteiger partial charge in [-0.1, -0.05) is 102 Å². The molecule has 0 saturated carbocycles. The lowest BCUT2D eigenvalue weighted by molar-refractivity contribution is 0.349. The fourth-order valence-electron chi connectivity index (χ4n) is 4.92. The summed E-state index contributed by atoms with van der Waals surface area (Å²) in [5, 5.41) is 0. The molecule has 3 rings (SSSR count). The van der Waals surface area contributed by atoms with Crippen molar-refractivity contribution in [1.82, 2.24) is 0 Å². The fourth-order valence-corrected chi connectivity index (χ4v) is 4.92. The zero-order chi connectivity index (χ0) is 20.5. The van der Waals surface area contributed by atoms with Crippen molar-refractivity contribution in [2.75, 3.05) is 0 Å². The number of benzene rings is 2. The molecule has 0 nitrogen and oxygen atoms in total. The van der Waals surface area contributed by atoms with Gasteiger partial charge in [0.25, 0.3) is 0 Å². The summed E-state index contributed by atoms with van der Waals surface area (Å²) in [4.78, 5) is 0. The van der Waals surface area contributed by atoms with Crippen molar-refractivity contribution in [1.29, 1.82) is 0 Å². The zero-order valence-electron chi connectivity index (χ0n) is 19.2. The lowest BCUT2D eigenvalue weighted by Gasteiger charge is -2.27. The van der Waals surface area contributed by atoms with Crippen molar-refractivity contribution in [3.05, 3.63) is 59.2 Å². The standard InChI is InChI=1S/C29H42/c1-4-6-7-8-9-10-11-24-12-15-26(16-13-24)28-19-18-27-21-25(20-23(3)5-2)14-17-29(27)22-28/h12-13,15-16,18-19,22-23,25H,4-11,14,17,20-21H2,1-3H3. The Bertz CT molecular complexity index is 724. The van der Waals surface area contributed by atoms with Gasteiger partial charge in [-0.3, -0.25) is 0 Å². The van der Waals surface area contributed by atoms with Gasteiger partial charge in [0, 0.05) is 0 Å². The molecule has 0 aromatic heterocycles. The van der Waals surface area contributed by atoms with Crippen LogP contribution in [0.4, 0.5) is 0 Å². The van der Waals surface area contributed by atoms with Gasteiger partial charge >= 0.3 is 0 Å². The Balaban J connectivity index is 1.54. The van der Waals surface area contributed by atoms with E-state index in [0.717, 1.165) is 11.8 Å². The molecular formula is C29H42. The quantitative estimate of drug-likeness (QED) is 0.336. The van der Waals surface area contributed by atoms with Crippen molar-refractivity contribution >= 4 is 0 Å². The van der Waals surface area contributed by atoms with Crippen LogP contribution in [0.2, 0.25) is 0 Å². The summed E-state index contributed by atoms with van der Waals surface area (Å²) < 4.78 is 0. The van der Waals surface area contributed by atoms with E-state index in [1.54, 1.807) is 11.1 Å². The van der Waals surface area contributed by atoms with Gasteiger partial charge < -0.3 is 0 Å². The number of hydrogen-bond donors (Lipinski definition) is 0. The van der Waals surface area contributed by atoms with Crippen molar-refractivity contribution in [2.24, 2.45) is 11.8 Å². The molecule has 0 aliphatic heterocycles. The molecule has 2 aromatic rings. The average molecular weight is 391 g/mol. The molecule has 2 atom stereocenters. The third-order valence-electron chi connectivity index (χ3n) is 7.08. The molecule has 0 heterocycles. The fraction of sp³-hybridized carbons (Fsp3) is 0.586. The van der Waals surface area contributed by atoms with E-state index >= 15 is 0 Å². The van der Waals surface area contributed by atoms with Crippen LogP contribution in [0.25, 0.3) is 11.1 Å². The molecule has 0 fully saturated rings. The van der Waals surface area contributed by atoms with E-state index in [-0.39, 0.29) is 0 Å². The molecule has 1 aliphatic rings. The van der Waals surface area contributed by atoms with Crippen LogP contribution in [-0.2, 0) is 19.3 Å². The maximum atomic E-state index is 2.47. The Morgan fingerprint density at radius 3 is 2.31 bits per heavy atom. The maximum Gasteiger partial charge on any atom is -0.0181 e. The van der Waals surface area contributed by atoms with Gasteiger partial charge in [0.15, 0.2) is 0 Å². The molecular weight excluding hydrogens is 348 g/mol. The van der Waals surface area contributed by atoms with E-state index in [4.69, 9.17) is 0 Å². The van der Waals surface area contributed by atoms with Crippen LogP contribution >= 0.6 is 0 Å². The topological polar surface area (TPSA) is 0 Å². The first-order valence-corrected chi connectivity index (χ1v) is 12.4. The van der Waals surface area contributed by atoms with Crippen molar-refractivity contribution in [3.63, 3.8) is 0 Å².